The number of hydrogen-bond acceptors (Lipinski definition) is 2. The molecule has 1 aliphatic carbocycles. The average molecular weight is 335 g/mol. The van der Waals surface area contributed by atoms with Crippen LogP contribution in [0.25, 0.3) is 11.1 Å². The minimum absolute atomic E-state index is 0.00605. The van der Waals surface area contributed by atoms with Crippen LogP contribution in [0.1, 0.15) is 37.7 Å². The summed E-state index contributed by atoms with van der Waals surface area (Å²) in [6.07, 6.45) is 5.99. The number of anilines is 1. The molecule has 2 nitrogen and oxygen atoms in total. The van der Waals surface area contributed by atoms with E-state index in [1.54, 1.807) is 0 Å². The highest BCUT2D eigenvalue weighted by atomic mass is 16.3. The van der Waals surface area contributed by atoms with Gasteiger partial charge in [0.25, 0.3) is 0 Å². The maximum atomic E-state index is 9.48. The minimum atomic E-state index is -0.00605. The summed E-state index contributed by atoms with van der Waals surface area (Å²) in [4.78, 5) is 2.58. The molecule has 2 aromatic rings. The van der Waals surface area contributed by atoms with Gasteiger partial charge in [-0.15, -0.1) is 0 Å². The van der Waals surface area contributed by atoms with E-state index in [4.69, 9.17) is 0 Å². The summed E-state index contributed by atoms with van der Waals surface area (Å²) in [5.74, 6) is 1.64. The molecule has 1 saturated carbocycles. The molecule has 0 atom stereocenters. The molecule has 1 heterocycles. The third kappa shape index (κ3) is 3.59. The van der Waals surface area contributed by atoms with Crippen LogP contribution in [0.3, 0.4) is 0 Å². The summed E-state index contributed by atoms with van der Waals surface area (Å²) in [5, 5.41) is 9.48. The zero-order chi connectivity index (χ0) is 17.2. The normalized spacial score (nSPS) is 24.2. The number of aliphatic hydroxyl groups is 1. The molecular formula is C23H29NO. The summed E-state index contributed by atoms with van der Waals surface area (Å²) in [6, 6.07) is 17.4. The van der Waals surface area contributed by atoms with Crippen molar-refractivity contribution in [2.24, 2.45) is 11.8 Å². The first-order valence-corrected chi connectivity index (χ1v) is 9.78. The molecule has 132 valence electrons. The molecule has 0 spiro atoms. The summed E-state index contributed by atoms with van der Waals surface area (Å²) in [6.45, 7) is 4.59. The van der Waals surface area contributed by atoms with Crippen molar-refractivity contribution in [1.29, 1.82) is 0 Å². The van der Waals surface area contributed by atoms with Gasteiger partial charge in [0.2, 0.25) is 0 Å². The van der Waals surface area contributed by atoms with Crippen molar-refractivity contribution in [3.63, 3.8) is 0 Å². The van der Waals surface area contributed by atoms with Crippen molar-refractivity contribution in [1.82, 2.24) is 0 Å². The molecule has 1 N–H and O–H groups in total. The lowest BCUT2D eigenvalue weighted by Crippen LogP contribution is -2.37. The van der Waals surface area contributed by atoms with E-state index in [0.717, 1.165) is 24.7 Å². The van der Waals surface area contributed by atoms with Crippen molar-refractivity contribution < 1.29 is 5.11 Å². The molecule has 0 unspecified atom stereocenters. The van der Waals surface area contributed by atoms with Crippen molar-refractivity contribution in [3.8, 4) is 11.1 Å². The van der Waals surface area contributed by atoms with Crippen molar-refractivity contribution >= 4 is 5.69 Å². The number of hydrogen-bond donors (Lipinski definition) is 1. The van der Waals surface area contributed by atoms with E-state index in [0.29, 0.717) is 0 Å². The van der Waals surface area contributed by atoms with E-state index in [9.17, 15) is 5.11 Å². The Morgan fingerprint density at radius 2 is 1.64 bits per heavy atom. The van der Waals surface area contributed by atoms with Crippen molar-refractivity contribution in [2.75, 3.05) is 18.0 Å². The van der Waals surface area contributed by atoms with E-state index in [1.807, 2.05) is 0 Å². The Hall–Kier alpha value is -1.80. The maximum Gasteiger partial charge on any atom is 0.0545 e. The van der Waals surface area contributed by atoms with Crippen LogP contribution in [0, 0.1) is 18.8 Å². The lowest BCUT2D eigenvalue weighted by molar-refractivity contribution is 0.0297. The third-order valence-corrected chi connectivity index (χ3v) is 6.22. The fourth-order valence-corrected chi connectivity index (χ4v) is 4.67. The number of aliphatic hydroxyl groups excluding tert-OH is 1. The van der Waals surface area contributed by atoms with Gasteiger partial charge in [-0.05, 0) is 73.6 Å². The molecular weight excluding hydrogens is 306 g/mol. The highest BCUT2D eigenvalue weighted by Gasteiger charge is 2.31. The predicted octanol–water partition coefficient (Wildman–Crippen LogP) is 5.04. The van der Waals surface area contributed by atoms with Gasteiger partial charge in [-0.2, -0.15) is 0 Å². The Labute approximate surface area is 151 Å². The second-order valence-corrected chi connectivity index (χ2v) is 7.97. The molecule has 2 heteroatoms. The summed E-state index contributed by atoms with van der Waals surface area (Å²) < 4.78 is 0. The smallest absolute Gasteiger partial charge is 0.0545 e. The van der Waals surface area contributed by atoms with Gasteiger partial charge in [-0.1, -0.05) is 42.5 Å². The fraction of sp³-hybridized carbons (Fsp3) is 0.478. The average Bonchev–Trinajstić information content (AvgIpc) is 2.62. The summed E-state index contributed by atoms with van der Waals surface area (Å²) in [7, 11) is 0. The Kier molecular flexibility index (Phi) is 4.80. The standard InChI is InChI=1S/C23H29NO/c1-17-22(20-6-3-2-4-7-20)8-5-9-23(17)24-12-10-18(11-13-24)14-19-15-21(25)16-19/h2-9,18-19,21,25H,10-16H2,1H3. The number of nitrogens with zero attached hydrogens (tertiary/aromatic N) is 1. The number of piperidine rings is 1. The Morgan fingerprint density at radius 3 is 2.32 bits per heavy atom. The molecule has 0 radical (unpaired) electrons. The van der Waals surface area contributed by atoms with Crippen molar-refractivity contribution in [3.05, 3.63) is 54.1 Å². The fourth-order valence-electron chi connectivity index (χ4n) is 4.67. The predicted molar refractivity (Wildman–Crippen MR) is 105 cm³/mol. The van der Waals surface area contributed by atoms with Crippen LogP contribution in [0.2, 0.25) is 0 Å². The largest absolute Gasteiger partial charge is 0.393 e. The van der Waals surface area contributed by atoms with Gasteiger partial charge in [-0.3, -0.25) is 0 Å². The van der Waals surface area contributed by atoms with Crippen LogP contribution in [0.5, 0.6) is 0 Å². The summed E-state index contributed by atoms with van der Waals surface area (Å²) in [5.41, 5.74) is 5.46. The Balaban J connectivity index is 1.43. The second kappa shape index (κ2) is 7.21. The molecule has 0 aromatic heterocycles. The zero-order valence-electron chi connectivity index (χ0n) is 15.2. The van der Waals surface area contributed by atoms with E-state index in [2.05, 4.69) is 60.4 Å². The molecule has 2 aromatic carbocycles. The van der Waals surface area contributed by atoms with E-state index in [1.165, 1.54) is 54.7 Å². The number of benzene rings is 2. The monoisotopic (exact) mass is 335 g/mol. The van der Waals surface area contributed by atoms with Crippen LogP contribution < -0.4 is 4.90 Å². The van der Waals surface area contributed by atoms with Gasteiger partial charge >= 0.3 is 0 Å². The Morgan fingerprint density at radius 1 is 0.920 bits per heavy atom. The van der Waals surface area contributed by atoms with Crippen molar-refractivity contribution in [2.45, 2.75) is 45.1 Å². The first kappa shape index (κ1) is 16.7. The van der Waals surface area contributed by atoms with E-state index < -0.39 is 0 Å². The molecule has 1 saturated heterocycles. The maximum absolute atomic E-state index is 9.48. The van der Waals surface area contributed by atoms with Gasteiger partial charge in [-0.25, -0.2) is 0 Å². The topological polar surface area (TPSA) is 23.5 Å². The first-order chi connectivity index (χ1) is 12.2. The van der Waals surface area contributed by atoms with Gasteiger partial charge in [0, 0.05) is 18.8 Å². The van der Waals surface area contributed by atoms with Gasteiger partial charge in [0.1, 0.15) is 0 Å². The van der Waals surface area contributed by atoms with Crippen LogP contribution in [0.4, 0.5) is 5.69 Å². The molecule has 4 rings (SSSR count). The van der Waals surface area contributed by atoms with E-state index >= 15 is 0 Å². The molecule has 1 aliphatic heterocycles. The second-order valence-electron chi connectivity index (χ2n) is 7.97. The zero-order valence-corrected chi connectivity index (χ0v) is 15.2. The van der Waals surface area contributed by atoms with Crippen LogP contribution in [-0.4, -0.2) is 24.3 Å². The lowest BCUT2D eigenvalue weighted by atomic mass is 9.75. The molecule has 0 amide bonds. The summed E-state index contributed by atoms with van der Waals surface area (Å²) >= 11 is 0. The van der Waals surface area contributed by atoms with Gasteiger partial charge in [0.15, 0.2) is 0 Å². The SMILES string of the molecule is Cc1c(-c2ccccc2)cccc1N1CCC(CC2CC(O)C2)CC1. The number of rotatable bonds is 4. The van der Waals surface area contributed by atoms with Gasteiger partial charge < -0.3 is 10.0 Å². The molecule has 2 aliphatic rings. The highest BCUT2D eigenvalue weighted by Crippen LogP contribution is 2.37. The quantitative estimate of drug-likeness (QED) is 0.846. The highest BCUT2D eigenvalue weighted by molar-refractivity contribution is 5.74. The van der Waals surface area contributed by atoms with E-state index in [-0.39, 0.29) is 6.10 Å². The Bertz CT molecular complexity index is 697. The van der Waals surface area contributed by atoms with Crippen LogP contribution in [-0.2, 0) is 0 Å². The minimum Gasteiger partial charge on any atom is -0.393 e. The third-order valence-electron chi connectivity index (χ3n) is 6.22. The van der Waals surface area contributed by atoms with Crippen LogP contribution >= 0.6 is 0 Å². The first-order valence-electron chi connectivity index (χ1n) is 9.78. The lowest BCUT2D eigenvalue weighted by Gasteiger charge is -2.39. The molecule has 0 bridgehead atoms. The van der Waals surface area contributed by atoms with Crippen LogP contribution in [0.15, 0.2) is 48.5 Å². The molecule has 2 fully saturated rings. The van der Waals surface area contributed by atoms with Gasteiger partial charge in [0.05, 0.1) is 6.10 Å². The molecule has 25 heavy (non-hydrogen) atoms.